The van der Waals surface area contributed by atoms with Crippen LogP contribution in [0, 0.1) is 13.8 Å². The second kappa shape index (κ2) is 10.3. The normalized spacial score (nSPS) is 10.3. The third-order valence-corrected chi connectivity index (χ3v) is 4.98. The van der Waals surface area contributed by atoms with E-state index in [1.54, 1.807) is 48.5 Å². The van der Waals surface area contributed by atoms with Gasteiger partial charge in [-0.1, -0.05) is 60.7 Å². The molecule has 3 aromatic carbocycles. The lowest BCUT2D eigenvalue weighted by atomic mass is 9.96. The summed E-state index contributed by atoms with van der Waals surface area (Å²) in [5.74, 6) is -2.37. The third kappa shape index (κ3) is 5.76. The number of ketones is 1. The van der Waals surface area contributed by atoms with Crippen molar-refractivity contribution < 1.29 is 23.9 Å². The number of carbonyl (C=O) groups is 4. The number of imide groups is 1. The van der Waals surface area contributed by atoms with Crippen LogP contribution < -0.4 is 5.32 Å². The zero-order chi connectivity index (χ0) is 23.1. The monoisotopic (exact) mass is 429 g/mol. The highest BCUT2D eigenvalue weighted by Gasteiger charge is 2.20. The quantitative estimate of drug-likeness (QED) is 0.458. The Hall–Kier alpha value is -4.06. The molecule has 0 saturated heterocycles. The minimum atomic E-state index is -0.816. The van der Waals surface area contributed by atoms with E-state index >= 15 is 0 Å². The molecule has 0 aliphatic heterocycles. The molecule has 162 valence electrons. The van der Waals surface area contributed by atoms with E-state index in [0.717, 1.165) is 16.7 Å². The first-order valence-electron chi connectivity index (χ1n) is 10.1. The Morgan fingerprint density at radius 2 is 1.41 bits per heavy atom. The molecule has 0 fully saturated rings. The minimum Gasteiger partial charge on any atom is -0.452 e. The number of hydrogen-bond donors (Lipinski definition) is 1. The van der Waals surface area contributed by atoms with Crippen molar-refractivity contribution in [1.29, 1.82) is 0 Å². The molecule has 6 heteroatoms. The van der Waals surface area contributed by atoms with E-state index in [4.69, 9.17) is 4.74 Å². The maximum Gasteiger partial charge on any atom is 0.339 e. The molecular weight excluding hydrogens is 406 g/mol. The van der Waals surface area contributed by atoms with Gasteiger partial charge in [0.15, 0.2) is 12.4 Å². The zero-order valence-corrected chi connectivity index (χ0v) is 17.9. The van der Waals surface area contributed by atoms with Crippen LogP contribution >= 0.6 is 0 Å². The van der Waals surface area contributed by atoms with Crippen LogP contribution in [0.5, 0.6) is 0 Å². The summed E-state index contributed by atoms with van der Waals surface area (Å²) in [7, 11) is 0. The minimum absolute atomic E-state index is 0.0355. The Balaban J connectivity index is 1.63. The van der Waals surface area contributed by atoms with Gasteiger partial charge in [-0.2, -0.15) is 0 Å². The van der Waals surface area contributed by atoms with Gasteiger partial charge in [-0.3, -0.25) is 19.7 Å². The smallest absolute Gasteiger partial charge is 0.339 e. The summed E-state index contributed by atoms with van der Waals surface area (Å²) in [6.07, 6.45) is 0.0355. The summed E-state index contributed by atoms with van der Waals surface area (Å²) in [6.45, 7) is 3.22. The summed E-state index contributed by atoms with van der Waals surface area (Å²) in [4.78, 5) is 49.5. The number of aryl methyl sites for hydroxylation is 2. The van der Waals surface area contributed by atoms with Gasteiger partial charge in [0, 0.05) is 11.1 Å². The summed E-state index contributed by atoms with van der Waals surface area (Å²) in [5, 5.41) is 2.19. The first-order valence-corrected chi connectivity index (χ1v) is 10.1. The highest BCUT2D eigenvalue weighted by Crippen LogP contribution is 2.18. The number of nitrogens with one attached hydrogen (secondary N) is 1. The van der Waals surface area contributed by atoms with E-state index < -0.39 is 24.4 Å². The van der Waals surface area contributed by atoms with Gasteiger partial charge in [0.1, 0.15) is 0 Å². The SMILES string of the molecule is Cc1ccc(C(=O)c2ccccc2C(=O)OCC(=O)NC(=O)Cc2ccccc2)cc1C. The molecule has 3 aromatic rings. The first kappa shape index (κ1) is 22.6. The third-order valence-electron chi connectivity index (χ3n) is 4.98. The fraction of sp³-hybridized carbons (Fsp3) is 0.154. The molecule has 0 bridgehead atoms. The van der Waals surface area contributed by atoms with E-state index in [0.29, 0.717) is 5.56 Å². The molecule has 0 spiro atoms. The summed E-state index contributed by atoms with van der Waals surface area (Å²) < 4.78 is 5.06. The molecule has 0 heterocycles. The molecule has 0 aromatic heterocycles. The lowest BCUT2D eigenvalue weighted by Gasteiger charge is -2.10. The van der Waals surface area contributed by atoms with Gasteiger partial charge in [0.05, 0.1) is 12.0 Å². The highest BCUT2D eigenvalue weighted by atomic mass is 16.5. The van der Waals surface area contributed by atoms with Gasteiger partial charge < -0.3 is 4.74 Å². The number of esters is 1. The second-order valence-corrected chi connectivity index (χ2v) is 7.38. The van der Waals surface area contributed by atoms with E-state index in [-0.39, 0.29) is 23.3 Å². The Bertz CT molecular complexity index is 1170. The van der Waals surface area contributed by atoms with Crippen LogP contribution in [0.2, 0.25) is 0 Å². The molecule has 2 amide bonds. The van der Waals surface area contributed by atoms with Gasteiger partial charge in [0.25, 0.3) is 5.91 Å². The van der Waals surface area contributed by atoms with E-state index in [1.165, 1.54) is 12.1 Å². The fourth-order valence-electron chi connectivity index (χ4n) is 3.12. The molecule has 6 nitrogen and oxygen atoms in total. The first-order chi connectivity index (χ1) is 15.3. The second-order valence-electron chi connectivity index (χ2n) is 7.38. The predicted octanol–water partition coefficient (Wildman–Crippen LogP) is 3.58. The van der Waals surface area contributed by atoms with Crippen LogP contribution in [-0.4, -0.2) is 30.2 Å². The summed E-state index contributed by atoms with van der Waals surface area (Å²) >= 11 is 0. The van der Waals surface area contributed by atoms with Gasteiger partial charge in [-0.05, 0) is 42.7 Å². The van der Waals surface area contributed by atoms with E-state index in [1.807, 2.05) is 26.0 Å². The van der Waals surface area contributed by atoms with Crippen molar-refractivity contribution >= 4 is 23.6 Å². The molecule has 0 saturated carbocycles. The molecule has 0 aliphatic rings. The lowest BCUT2D eigenvalue weighted by Crippen LogP contribution is -2.35. The topological polar surface area (TPSA) is 89.5 Å². The van der Waals surface area contributed by atoms with Crippen molar-refractivity contribution in [3.8, 4) is 0 Å². The van der Waals surface area contributed by atoms with E-state index in [9.17, 15) is 19.2 Å². The van der Waals surface area contributed by atoms with Crippen molar-refractivity contribution in [2.45, 2.75) is 20.3 Å². The fourth-order valence-corrected chi connectivity index (χ4v) is 3.12. The molecule has 0 radical (unpaired) electrons. The van der Waals surface area contributed by atoms with Gasteiger partial charge in [0.2, 0.25) is 5.91 Å². The van der Waals surface area contributed by atoms with Crippen LogP contribution in [0.1, 0.15) is 43.0 Å². The zero-order valence-electron chi connectivity index (χ0n) is 17.9. The van der Waals surface area contributed by atoms with E-state index in [2.05, 4.69) is 5.32 Å². The summed E-state index contributed by atoms with van der Waals surface area (Å²) in [5.41, 5.74) is 3.47. The van der Waals surface area contributed by atoms with Crippen LogP contribution in [0.4, 0.5) is 0 Å². The van der Waals surface area contributed by atoms with Crippen LogP contribution in [0.3, 0.4) is 0 Å². The molecule has 32 heavy (non-hydrogen) atoms. The molecule has 0 unspecified atom stereocenters. The average Bonchev–Trinajstić information content (AvgIpc) is 2.79. The largest absolute Gasteiger partial charge is 0.452 e. The lowest BCUT2D eigenvalue weighted by molar-refractivity contribution is -0.132. The standard InChI is InChI=1S/C26H23NO5/c1-17-12-13-20(14-18(17)2)25(30)21-10-6-7-11-22(21)26(31)32-16-24(29)27-23(28)15-19-8-4-3-5-9-19/h3-14H,15-16H2,1-2H3,(H,27,28,29). The Kier molecular flexibility index (Phi) is 7.29. The van der Waals surface area contributed by atoms with Crippen molar-refractivity contribution in [2.24, 2.45) is 0 Å². The molecular formula is C26H23NO5. The molecule has 0 aliphatic carbocycles. The Labute approximate surface area is 186 Å². The number of benzene rings is 3. The maximum atomic E-state index is 13.0. The average molecular weight is 429 g/mol. The van der Waals surface area contributed by atoms with Crippen molar-refractivity contribution in [3.05, 3.63) is 106 Å². The molecule has 3 rings (SSSR count). The van der Waals surface area contributed by atoms with Crippen molar-refractivity contribution in [1.82, 2.24) is 5.32 Å². The number of hydrogen-bond acceptors (Lipinski definition) is 5. The number of carbonyl (C=O) groups excluding carboxylic acids is 4. The Morgan fingerprint density at radius 3 is 2.09 bits per heavy atom. The maximum absolute atomic E-state index is 13.0. The van der Waals surface area contributed by atoms with Crippen molar-refractivity contribution in [3.63, 3.8) is 0 Å². The highest BCUT2D eigenvalue weighted by molar-refractivity contribution is 6.14. The van der Waals surface area contributed by atoms with Gasteiger partial charge in [-0.25, -0.2) is 4.79 Å². The predicted molar refractivity (Wildman–Crippen MR) is 119 cm³/mol. The van der Waals surface area contributed by atoms with Crippen LogP contribution in [0.25, 0.3) is 0 Å². The molecule has 1 N–H and O–H groups in total. The number of ether oxygens (including phenoxy) is 1. The van der Waals surface area contributed by atoms with Gasteiger partial charge in [-0.15, -0.1) is 0 Å². The van der Waals surface area contributed by atoms with Gasteiger partial charge >= 0.3 is 5.97 Å². The Morgan fingerprint density at radius 1 is 0.750 bits per heavy atom. The summed E-state index contributed by atoms with van der Waals surface area (Å²) in [6, 6.07) is 20.6. The van der Waals surface area contributed by atoms with Crippen LogP contribution in [0.15, 0.2) is 72.8 Å². The molecule has 0 atom stereocenters. The number of rotatable bonds is 7. The number of amides is 2. The van der Waals surface area contributed by atoms with Crippen LogP contribution in [-0.2, 0) is 20.7 Å². The van der Waals surface area contributed by atoms with Crippen molar-refractivity contribution in [2.75, 3.05) is 6.61 Å².